The van der Waals surface area contributed by atoms with Gasteiger partial charge in [0.25, 0.3) is 0 Å². The number of carboxylic acid groups (broad SMARTS) is 1. The molecular weight excluding hydrogens is 234 g/mol. The van der Waals surface area contributed by atoms with Gasteiger partial charge in [0.1, 0.15) is 5.75 Å². The molecule has 1 amide bonds. The molecule has 0 spiro atoms. The van der Waals surface area contributed by atoms with E-state index in [4.69, 9.17) is 10.2 Å². The van der Waals surface area contributed by atoms with E-state index in [1.54, 1.807) is 29.2 Å². The Morgan fingerprint density at radius 1 is 1.33 bits per heavy atom. The Hall–Kier alpha value is -2.04. The second-order valence-corrected chi connectivity index (χ2v) is 4.50. The average Bonchev–Trinajstić information content (AvgIpc) is 2.70. The summed E-state index contributed by atoms with van der Waals surface area (Å²) in [6, 6.07) is 6.79. The molecule has 1 heterocycles. The summed E-state index contributed by atoms with van der Waals surface area (Å²) in [7, 11) is 0. The van der Waals surface area contributed by atoms with Crippen LogP contribution in [-0.4, -0.2) is 40.1 Å². The van der Waals surface area contributed by atoms with E-state index in [2.05, 4.69) is 0 Å². The number of nitrogens with zero attached hydrogens (tertiary/aromatic N) is 1. The number of hydrogen-bond donors (Lipinski definition) is 2. The maximum Gasteiger partial charge on any atom is 0.308 e. The minimum Gasteiger partial charge on any atom is -0.508 e. The van der Waals surface area contributed by atoms with Crippen molar-refractivity contribution in [2.45, 2.75) is 12.8 Å². The SMILES string of the molecule is O=C(O)C1CC(=O)N(CCc2ccc(O)cc2)C1. The van der Waals surface area contributed by atoms with Crippen molar-refractivity contribution < 1.29 is 19.8 Å². The Balaban J connectivity index is 1.89. The van der Waals surface area contributed by atoms with Crippen LogP contribution >= 0.6 is 0 Å². The molecular formula is C13H15NO4. The predicted molar refractivity (Wildman–Crippen MR) is 64.1 cm³/mol. The van der Waals surface area contributed by atoms with Gasteiger partial charge in [-0.25, -0.2) is 0 Å². The number of rotatable bonds is 4. The molecule has 1 saturated heterocycles. The van der Waals surface area contributed by atoms with Crippen molar-refractivity contribution in [3.8, 4) is 5.75 Å². The highest BCUT2D eigenvalue weighted by atomic mass is 16.4. The molecule has 5 nitrogen and oxygen atoms in total. The number of benzene rings is 1. The molecule has 96 valence electrons. The lowest BCUT2D eigenvalue weighted by Gasteiger charge is -2.15. The molecule has 5 heteroatoms. The van der Waals surface area contributed by atoms with Gasteiger partial charge in [-0.15, -0.1) is 0 Å². The number of likely N-dealkylation sites (tertiary alicyclic amines) is 1. The van der Waals surface area contributed by atoms with Crippen molar-refractivity contribution in [1.82, 2.24) is 4.90 Å². The van der Waals surface area contributed by atoms with Crippen LogP contribution in [0.25, 0.3) is 0 Å². The van der Waals surface area contributed by atoms with Crippen LogP contribution in [0.2, 0.25) is 0 Å². The maximum absolute atomic E-state index is 11.6. The van der Waals surface area contributed by atoms with E-state index in [-0.39, 0.29) is 18.1 Å². The monoisotopic (exact) mass is 249 g/mol. The van der Waals surface area contributed by atoms with Gasteiger partial charge in [0.2, 0.25) is 5.91 Å². The standard InChI is InChI=1S/C13H15NO4/c15-11-3-1-9(2-4-11)5-6-14-8-10(13(17)18)7-12(14)16/h1-4,10,15H,5-8H2,(H,17,18). The van der Waals surface area contributed by atoms with Gasteiger partial charge in [0.05, 0.1) is 5.92 Å². The summed E-state index contributed by atoms with van der Waals surface area (Å²) in [5.74, 6) is -1.36. The van der Waals surface area contributed by atoms with Crippen molar-refractivity contribution in [2.75, 3.05) is 13.1 Å². The van der Waals surface area contributed by atoms with E-state index in [9.17, 15) is 9.59 Å². The summed E-state index contributed by atoms with van der Waals surface area (Å²) in [6.45, 7) is 0.819. The first kappa shape index (κ1) is 12.4. The number of hydrogen-bond acceptors (Lipinski definition) is 3. The topological polar surface area (TPSA) is 77.8 Å². The number of phenols is 1. The van der Waals surface area contributed by atoms with Gasteiger partial charge in [-0.1, -0.05) is 12.1 Å². The Morgan fingerprint density at radius 3 is 2.56 bits per heavy atom. The third-order valence-corrected chi connectivity index (χ3v) is 3.17. The quantitative estimate of drug-likeness (QED) is 0.830. The molecule has 2 rings (SSSR count). The lowest BCUT2D eigenvalue weighted by atomic mass is 10.1. The van der Waals surface area contributed by atoms with Crippen LogP contribution in [0.5, 0.6) is 5.75 Å². The molecule has 1 aliphatic rings. The minimum absolute atomic E-state index is 0.0961. The summed E-state index contributed by atoms with van der Waals surface area (Å²) in [5, 5.41) is 18.0. The number of carbonyl (C=O) groups is 2. The van der Waals surface area contributed by atoms with Crippen LogP contribution < -0.4 is 0 Å². The highest BCUT2D eigenvalue weighted by molar-refractivity contribution is 5.86. The normalized spacial score (nSPS) is 19.2. The van der Waals surface area contributed by atoms with Crippen LogP contribution in [0, 0.1) is 5.92 Å². The van der Waals surface area contributed by atoms with Crippen molar-refractivity contribution in [3.05, 3.63) is 29.8 Å². The molecule has 1 aromatic rings. The molecule has 0 bridgehead atoms. The Morgan fingerprint density at radius 2 is 2.00 bits per heavy atom. The Labute approximate surface area is 105 Å². The fraction of sp³-hybridized carbons (Fsp3) is 0.385. The maximum atomic E-state index is 11.6. The molecule has 1 aliphatic heterocycles. The number of amides is 1. The summed E-state index contributed by atoms with van der Waals surface area (Å²) >= 11 is 0. The summed E-state index contributed by atoms with van der Waals surface area (Å²) in [4.78, 5) is 24.0. The van der Waals surface area contributed by atoms with Gasteiger partial charge in [0.15, 0.2) is 0 Å². The minimum atomic E-state index is -0.907. The van der Waals surface area contributed by atoms with E-state index < -0.39 is 11.9 Å². The Kier molecular flexibility index (Phi) is 3.50. The van der Waals surface area contributed by atoms with Crippen LogP contribution in [0.3, 0.4) is 0 Å². The molecule has 0 radical (unpaired) electrons. The first-order valence-corrected chi connectivity index (χ1v) is 5.85. The van der Waals surface area contributed by atoms with Crippen LogP contribution in [0.15, 0.2) is 24.3 Å². The molecule has 18 heavy (non-hydrogen) atoms. The van der Waals surface area contributed by atoms with Gasteiger partial charge in [0, 0.05) is 19.5 Å². The first-order chi connectivity index (χ1) is 8.56. The highest BCUT2D eigenvalue weighted by Crippen LogP contribution is 2.18. The summed E-state index contributed by atoms with van der Waals surface area (Å²) in [6.07, 6.45) is 0.767. The van der Waals surface area contributed by atoms with E-state index in [1.165, 1.54) is 0 Å². The van der Waals surface area contributed by atoms with Crippen LogP contribution in [0.4, 0.5) is 0 Å². The number of carboxylic acids is 1. The van der Waals surface area contributed by atoms with E-state index in [0.717, 1.165) is 5.56 Å². The van der Waals surface area contributed by atoms with E-state index in [1.807, 2.05) is 0 Å². The molecule has 0 aliphatic carbocycles. The van der Waals surface area contributed by atoms with Crippen LogP contribution in [-0.2, 0) is 16.0 Å². The summed E-state index contributed by atoms with van der Waals surface area (Å²) < 4.78 is 0. The predicted octanol–water partition coefficient (Wildman–Crippen LogP) is 0.868. The fourth-order valence-corrected chi connectivity index (χ4v) is 2.08. The third kappa shape index (κ3) is 2.80. The summed E-state index contributed by atoms with van der Waals surface area (Å²) in [5.41, 5.74) is 1.01. The molecule has 1 unspecified atom stereocenters. The second kappa shape index (κ2) is 5.08. The fourth-order valence-electron chi connectivity index (χ4n) is 2.08. The van der Waals surface area contributed by atoms with E-state index >= 15 is 0 Å². The van der Waals surface area contributed by atoms with Crippen LogP contribution in [0.1, 0.15) is 12.0 Å². The largest absolute Gasteiger partial charge is 0.508 e. The highest BCUT2D eigenvalue weighted by Gasteiger charge is 2.33. The molecule has 0 aromatic heterocycles. The molecule has 2 N–H and O–H groups in total. The molecule has 1 atom stereocenters. The van der Waals surface area contributed by atoms with Crippen molar-refractivity contribution in [1.29, 1.82) is 0 Å². The van der Waals surface area contributed by atoms with E-state index in [0.29, 0.717) is 19.5 Å². The lowest BCUT2D eigenvalue weighted by Crippen LogP contribution is -2.28. The van der Waals surface area contributed by atoms with Crippen molar-refractivity contribution in [3.63, 3.8) is 0 Å². The number of aromatic hydroxyl groups is 1. The number of aliphatic carboxylic acids is 1. The zero-order chi connectivity index (χ0) is 13.1. The number of carbonyl (C=O) groups excluding carboxylic acids is 1. The number of phenolic OH excluding ortho intramolecular Hbond substituents is 1. The van der Waals surface area contributed by atoms with Crippen molar-refractivity contribution in [2.24, 2.45) is 5.92 Å². The van der Waals surface area contributed by atoms with Gasteiger partial charge in [-0.2, -0.15) is 0 Å². The lowest BCUT2D eigenvalue weighted by molar-refractivity contribution is -0.141. The Bertz CT molecular complexity index is 455. The molecule has 1 fully saturated rings. The molecule has 0 saturated carbocycles. The second-order valence-electron chi connectivity index (χ2n) is 4.50. The average molecular weight is 249 g/mol. The van der Waals surface area contributed by atoms with Crippen molar-refractivity contribution >= 4 is 11.9 Å². The van der Waals surface area contributed by atoms with Gasteiger partial charge < -0.3 is 15.1 Å². The van der Waals surface area contributed by atoms with Gasteiger partial charge >= 0.3 is 5.97 Å². The van der Waals surface area contributed by atoms with Gasteiger partial charge in [-0.05, 0) is 24.1 Å². The smallest absolute Gasteiger partial charge is 0.308 e. The third-order valence-electron chi connectivity index (χ3n) is 3.17. The molecule has 1 aromatic carbocycles. The zero-order valence-electron chi connectivity index (χ0n) is 9.87. The zero-order valence-corrected chi connectivity index (χ0v) is 9.87. The van der Waals surface area contributed by atoms with Gasteiger partial charge in [-0.3, -0.25) is 9.59 Å². The first-order valence-electron chi connectivity index (χ1n) is 5.85.